The molecule has 0 aliphatic heterocycles. The minimum atomic E-state index is 0.174. The van der Waals surface area contributed by atoms with Crippen LogP contribution in [-0.4, -0.2) is 29.0 Å². The van der Waals surface area contributed by atoms with Crippen molar-refractivity contribution in [3.63, 3.8) is 0 Å². The van der Waals surface area contributed by atoms with Gasteiger partial charge in [-0.25, -0.2) is 4.98 Å². The van der Waals surface area contributed by atoms with Gasteiger partial charge < -0.3 is 10.1 Å². The zero-order valence-electron chi connectivity index (χ0n) is 12.3. The fraction of sp³-hybridized carbons (Fsp3) is 0.714. The number of nitrogens with one attached hydrogen (secondary N) is 1. The predicted molar refractivity (Wildman–Crippen MR) is 80.2 cm³/mol. The van der Waals surface area contributed by atoms with Gasteiger partial charge in [0, 0.05) is 24.2 Å². The largest absolute Gasteiger partial charge is 0.478 e. The highest BCUT2D eigenvalue weighted by Crippen LogP contribution is 2.23. The molecular weight excluding hydrogens is 262 g/mol. The molecule has 5 heteroatoms. The molecule has 0 atom stereocenters. The molecule has 1 aromatic heterocycles. The summed E-state index contributed by atoms with van der Waals surface area (Å²) in [6, 6.07) is 1.84. The summed E-state index contributed by atoms with van der Waals surface area (Å²) in [5.41, 5.74) is 1.08. The normalized spacial score (nSPS) is 11.4. The average molecular weight is 286 g/mol. The first-order chi connectivity index (χ1) is 8.96. The van der Waals surface area contributed by atoms with Crippen LogP contribution in [0, 0.1) is 12.3 Å². The van der Waals surface area contributed by atoms with Gasteiger partial charge in [-0.15, -0.1) is 11.6 Å². The molecule has 4 nitrogen and oxygen atoms in total. The number of ether oxygens (including phenoxy) is 1. The number of rotatable bonds is 8. The van der Waals surface area contributed by atoms with Crippen molar-refractivity contribution < 1.29 is 4.74 Å². The van der Waals surface area contributed by atoms with E-state index in [1.807, 2.05) is 19.9 Å². The summed E-state index contributed by atoms with van der Waals surface area (Å²) in [5.74, 6) is 1.96. The van der Waals surface area contributed by atoms with E-state index in [1.54, 1.807) is 0 Å². The third kappa shape index (κ3) is 6.10. The molecule has 1 rings (SSSR count). The van der Waals surface area contributed by atoms with E-state index < -0.39 is 0 Å². The molecule has 0 aliphatic rings. The molecule has 1 aromatic rings. The van der Waals surface area contributed by atoms with E-state index in [0.717, 1.165) is 25.1 Å². The fourth-order valence-electron chi connectivity index (χ4n) is 1.79. The Morgan fingerprint density at radius 1 is 1.37 bits per heavy atom. The maximum absolute atomic E-state index is 5.74. The van der Waals surface area contributed by atoms with E-state index in [-0.39, 0.29) is 5.41 Å². The number of aromatic nitrogens is 2. The molecule has 108 valence electrons. The summed E-state index contributed by atoms with van der Waals surface area (Å²) in [7, 11) is 0. The van der Waals surface area contributed by atoms with Crippen LogP contribution >= 0.6 is 11.6 Å². The Balaban J connectivity index is 2.61. The highest BCUT2D eigenvalue weighted by atomic mass is 35.5. The maximum atomic E-state index is 5.74. The lowest BCUT2D eigenvalue weighted by Crippen LogP contribution is -2.24. The van der Waals surface area contributed by atoms with Crippen LogP contribution in [0.3, 0.4) is 0 Å². The van der Waals surface area contributed by atoms with E-state index in [9.17, 15) is 0 Å². The van der Waals surface area contributed by atoms with Crippen molar-refractivity contribution >= 4 is 17.5 Å². The number of hydrogen-bond acceptors (Lipinski definition) is 4. The Morgan fingerprint density at radius 3 is 2.74 bits per heavy atom. The van der Waals surface area contributed by atoms with Gasteiger partial charge in [0.05, 0.1) is 6.61 Å². The molecule has 0 spiro atoms. The van der Waals surface area contributed by atoms with Gasteiger partial charge in [-0.2, -0.15) is 4.98 Å². The molecule has 19 heavy (non-hydrogen) atoms. The number of alkyl halides is 1. The Morgan fingerprint density at radius 2 is 2.11 bits per heavy atom. The second kappa shape index (κ2) is 7.53. The van der Waals surface area contributed by atoms with Crippen molar-refractivity contribution in [3.8, 4) is 5.88 Å². The molecular formula is C14H24ClN3O. The van der Waals surface area contributed by atoms with Gasteiger partial charge in [0.15, 0.2) is 0 Å². The van der Waals surface area contributed by atoms with Crippen molar-refractivity contribution in [2.24, 2.45) is 5.41 Å². The number of halogens is 1. The molecule has 0 amide bonds. The second-order valence-corrected chi connectivity index (χ2v) is 5.79. The maximum Gasteiger partial charge on any atom is 0.226 e. The van der Waals surface area contributed by atoms with Crippen molar-refractivity contribution in [1.29, 1.82) is 0 Å². The van der Waals surface area contributed by atoms with E-state index in [4.69, 9.17) is 16.3 Å². The third-order valence-corrected chi connectivity index (χ3v) is 3.10. The summed E-state index contributed by atoms with van der Waals surface area (Å²) in [5, 5.41) is 3.29. The van der Waals surface area contributed by atoms with E-state index in [1.165, 1.54) is 0 Å². The molecule has 0 bridgehead atoms. The molecule has 0 aliphatic carbocycles. The van der Waals surface area contributed by atoms with Crippen molar-refractivity contribution in [2.75, 3.05) is 24.3 Å². The Labute approximate surface area is 120 Å². The van der Waals surface area contributed by atoms with Gasteiger partial charge in [0.1, 0.15) is 0 Å². The highest BCUT2D eigenvalue weighted by Gasteiger charge is 2.17. The molecule has 1 heterocycles. The first kappa shape index (κ1) is 16.0. The van der Waals surface area contributed by atoms with Gasteiger partial charge in [-0.05, 0) is 32.1 Å². The number of aryl methyl sites for hydroxylation is 1. The molecule has 0 unspecified atom stereocenters. The van der Waals surface area contributed by atoms with Gasteiger partial charge in [0.2, 0.25) is 11.8 Å². The van der Waals surface area contributed by atoms with Crippen LogP contribution in [0.5, 0.6) is 5.88 Å². The molecule has 1 N–H and O–H groups in total. The summed E-state index contributed by atoms with van der Waals surface area (Å²) < 4.78 is 5.42. The molecule has 0 saturated heterocycles. The number of hydrogen-bond donors (Lipinski definition) is 1. The Hall–Kier alpha value is -1.03. The first-order valence-corrected chi connectivity index (χ1v) is 7.28. The minimum Gasteiger partial charge on any atom is -0.478 e. The lowest BCUT2D eigenvalue weighted by molar-refractivity contribution is 0.325. The lowest BCUT2D eigenvalue weighted by Gasteiger charge is -2.24. The average Bonchev–Trinajstić information content (AvgIpc) is 2.34. The molecule has 0 radical (unpaired) electrons. The molecule has 0 fully saturated rings. The highest BCUT2D eigenvalue weighted by molar-refractivity contribution is 6.17. The van der Waals surface area contributed by atoms with Crippen LogP contribution in [0.2, 0.25) is 0 Å². The minimum absolute atomic E-state index is 0.174. The second-order valence-electron chi connectivity index (χ2n) is 5.41. The predicted octanol–water partition coefficient (Wildman–Crippen LogP) is 3.64. The molecule has 0 saturated carbocycles. The summed E-state index contributed by atoms with van der Waals surface area (Å²) in [4.78, 5) is 8.71. The third-order valence-electron chi connectivity index (χ3n) is 2.84. The smallest absolute Gasteiger partial charge is 0.226 e. The van der Waals surface area contributed by atoms with Gasteiger partial charge in [0.25, 0.3) is 0 Å². The summed E-state index contributed by atoms with van der Waals surface area (Å²) in [6.07, 6.45) is 2.10. The van der Waals surface area contributed by atoms with Gasteiger partial charge in [-0.3, -0.25) is 0 Å². The number of nitrogens with zero attached hydrogens (tertiary/aromatic N) is 2. The van der Waals surface area contributed by atoms with E-state index in [2.05, 4.69) is 29.1 Å². The fourth-order valence-corrected chi connectivity index (χ4v) is 1.93. The van der Waals surface area contributed by atoms with Gasteiger partial charge >= 0.3 is 0 Å². The zero-order chi connectivity index (χ0) is 14.3. The summed E-state index contributed by atoms with van der Waals surface area (Å²) >= 11 is 5.74. The summed E-state index contributed by atoms with van der Waals surface area (Å²) in [6.45, 7) is 9.74. The van der Waals surface area contributed by atoms with Crippen LogP contribution in [0.15, 0.2) is 6.07 Å². The quantitative estimate of drug-likeness (QED) is 0.741. The van der Waals surface area contributed by atoms with Crippen LogP contribution < -0.4 is 10.1 Å². The van der Waals surface area contributed by atoms with Crippen LogP contribution in [-0.2, 0) is 0 Å². The zero-order valence-corrected chi connectivity index (χ0v) is 13.0. The Bertz CT molecular complexity index is 396. The van der Waals surface area contributed by atoms with Crippen LogP contribution in [0.4, 0.5) is 5.95 Å². The Kier molecular flexibility index (Phi) is 6.35. The first-order valence-electron chi connectivity index (χ1n) is 6.75. The van der Waals surface area contributed by atoms with E-state index >= 15 is 0 Å². The molecule has 0 aromatic carbocycles. The standard InChI is InChI=1S/C14H24ClN3O/c1-5-19-12-9-11(2)17-13(18-12)16-10-14(3,4)7-6-8-15/h9H,5-8,10H2,1-4H3,(H,16,17,18). The SMILES string of the molecule is CCOc1cc(C)nc(NCC(C)(C)CCCCl)n1. The van der Waals surface area contributed by atoms with Crippen molar-refractivity contribution in [3.05, 3.63) is 11.8 Å². The van der Waals surface area contributed by atoms with Gasteiger partial charge in [-0.1, -0.05) is 13.8 Å². The lowest BCUT2D eigenvalue weighted by atomic mass is 9.88. The van der Waals surface area contributed by atoms with Crippen molar-refractivity contribution in [1.82, 2.24) is 9.97 Å². The number of anilines is 1. The monoisotopic (exact) mass is 285 g/mol. The van der Waals surface area contributed by atoms with E-state index in [0.29, 0.717) is 24.3 Å². The van der Waals surface area contributed by atoms with Crippen LogP contribution in [0.25, 0.3) is 0 Å². The van der Waals surface area contributed by atoms with Crippen LogP contribution in [0.1, 0.15) is 39.3 Å². The van der Waals surface area contributed by atoms with Crippen molar-refractivity contribution in [2.45, 2.75) is 40.5 Å². The topological polar surface area (TPSA) is 47.0 Å².